The van der Waals surface area contributed by atoms with Gasteiger partial charge in [-0.2, -0.15) is 4.31 Å². The van der Waals surface area contributed by atoms with Crippen LogP contribution in [0.15, 0.2) is 52.3 Å². The van der Waals surface area contributed by atoms with Crippen molar-refractivity contribution in [3.63, 3.8) is 0 Å². The summed E-state index contributed by atoms with van der Waals surface area (Å²) in [5, 5.41) is 2.70. The molecule has 0 bridgehead atoms. The fourth-order valence-electron chi connectivity index (χ4n) is 3.21. The van der Waals surface area contributed by atoms with E-state index >= 15 is 0 Å². The van der Waals surface area contributed by atoms with E-state index in [1.54, 1.807) is 39.8 Å². The summed E-state index contributed by atoms with van der Waals surface area (Å²) in [6.07, 6.45) is 0. The van der Waals surface area contributed by atoms with Crippen LogP contribution >= 0.6 is 0 Å². The van der Waals surface area contributed by atoms with Gasteiger partial charge in [0, 0.05) is 31.2 Å². The summed E-state index contributed by atoms with van der Waals surface area (Å²) >= 11 is 0. The van der Waals surface area contributed by atoms with Crippen molar-refractivity contribution in [1.29, 1.82) is 0 Å². The van der Waals surface area contributed by atoms with Gasteiger partial charge < -0.3 is 10.1 Å². The zero-order chi connectivity index (χ0) is 24.8. The average molecular weight is 498 g/mol. The lowest BCUT2D eigenvalue weighted by atomic mass is 10.2. The third kappa shape index (κ3) is 6.53. The molecule has 0 unspecified atom stereocenters. The van der Waals surface area contributed by atoms with E-state index in [4.69, 9.17) is 4.74 Å². The van der Waals surface area contributed by atoms with Crippen molar-refractivity contribution in [3.8, 4) is 5.75 Å². The minimum atomic E-state index is -3.84. The molecule has 11 heteroatoms. The Hall–Kier alpha value is -2.47. The number of ether oxygens (including phenoxy) is 1. The quantitative estimate of drug-likeness (QED) is 0.491. The van der Waals surface area contributed by atoms with Crippen molar-refractivity contribution >= 4 is 26.0 Å². The minimum absolute atomic E-state index is 0.0635. The largest absolute Gasteiger partial charge is 0.495 e. The predicted molar refractivity (Wildman–Crippen MR) is 126 cm³/mol. The Morgan fingerprint density at radius 3 is 2.27 bits per heavy atom. The lowest BCUT2D eigenvalue weighted by Crippen LogP contribution is -2.31. The van der Waals surface area contributed by atoms with Crippen LogP contribution in [0.1, 0.15) is 43.6 Å². The molecule has 0 radical (unpaired) electrons. The first kappa shape index (κ1) is 26.8. The van der Waals surface area contributed by atoms with Crippen molar-refractivity contribution < 1.29 is 26.4 Å². The lowest BCUT2D eigenvalue weighted by molar-refractivity contribution is 0.0950. The highest BCUT2D eigenvalue weighted by Crippen LogP contribution is 2.28. The van der Waals surface area contributed by atoms with Gasteiger partial charge in [-0.3, -0.25) is 4.79 Å². The van der Waals surface area contributed by atoms with Crippen LogP contribution in [0.25, 0.3) is 0 Å². The third-order valence-corrected chi connectivity index (χ3v) is 8.53. The monoisotopic (exact) mass is 497 g/mol. The molecule has 0 aliphatic heterocycles. The van der Waals surface area contributed by atoms with Gasteiger partial charge in [0.25, 0.3) is 5.91 Å². The Labute approximate surface area is 196 Å². The molecule has 2 N–H and O–H groups in total. The van der Waals surface area contributed by atoms with Crippen LogP contribution in [-0.4, -0.2) is 53.3 Å². The molecule has 2 aromatic carbocycles. The number of nitrogens with zero attached hydrogens (tertiary/aromatic N) is 1. The molecule has 1 amide bonds. The van der Waals surface area contributed by atoms with Crippen LogP contribution in [0, 0.1) is 0 Å². The third-order valence-electron chi connectivity index (χ3n) is 4.80. The maximum Gasteiger partial charge on any atom is 0.251 e. The summed E-state index contributed by atoms with van der Waals surface area (Å²) in [7, 11) is -6.14. The number of amides is 1. The van der Waals surface area contributed by atoms with Crippen molar-refractivity contribution in [3.05, 3.63) is 53.6 Å². The highest BCUT2D eigenvalue weighted by atomic mass is 32.2. The van der Waals surface area contributed by atoms with Crippen molar-refractivity contribution in [1.82, 2.24) is 14.3 Å². The second-order valence-electron chi connectivity index (χ2n) is 7.56. The zero-order valence-corrected chi connectivity index (χ0v) is 21.1. The van der Waals surface area contributed by atoms with E-state index in [-0.39, 0.29) is 46.8 Å². The highest BCUT2D eigenvalue weighted by molar-refractivity contribution is 7.89. The summed E-state index contributed by atoms with van der Waals surface area (Å²) in [5.41, 5.74) is 0.728. The lowest BCUT2D eigenvalue weighted by Gasteiger charge is -2.20. The molecule has 182 valence electrons. The second kappa shape index (κ2) is 11.1. The van der Waals surface area contributed by atoms with Crippen LogP contribution < -0.4 is 14.8 Å². The highest BCUT2D eigenvalue weighted by Gasteiger charge is 2.27. The molecule has 0 aliphatic carbocycles. The predicted octanol–water partition coefficient (Wildman–Crippen LogP) is 2.34. The second-order valence-corrected chi connectivity index (χ2v) is 11.2. The molecule has 2 rings (SSSR count). The van der Waals surface area contributed by atoms with Gasteiger partial charge in [-0.05, 0) is 49.7 Å². The van der Waals surface area contributed by atoms with Crippen LogP contribution in [-0.2, 0) is 26.6 Å². The molecular weight excluding hydrogens is 466 g/mol. The van der Waals surface area contributed by atoms with Gasteiger partial charge in [0.2, 0.25) is 20.0 Å². The van der Waals surface area contributed by atoms with Gasteiger partial charge in [-0.15, -0.1) is 0 Å². The maximum absolute atomic E-state index is 13.0. The van der Waals surface area contributed by atoms with Crippen LogP contribution in [0.3, 0.4) is 0 Å². The molecule has 33 heavy (non-hydrogen) atoms. The van der Waals surface area contributed by atoms with Crippen LogP contribution in [0.4, 0.5) is 0 Å². The standard InChI is InChI=1S/C22H31N3O6S2/c1-6-25(7-2)33(29,30)21-14-18(11-12-20(21)31-5)22(26)23-15-17-9-8-10-19(13-17)32(27,28)24-16(3)4/h8-14,16,24H,6-7,15H2,1-5H3,(H,23,26). The molecule has 0 aromatic heterocycles. The molecular formula is C22H31N3O6S2. The first-order chi connectivity index (χ1) is 15.5. The molecule has 9 nitrogen and oxygen atoms in total. The van der Waals surface area contributed by atoms with Crippen molar-refractivity contribution in [2.45, 2.75) is 50.1 Å². The minimum Gasteiger partial charge on any atom is -0.495 e. The summed E-state index contributed by atoms with van der Waals surface area (Å²) in [6.45, 7) is 7.54. The number of carbonyl (C=O) groups excluding carboxylic acids is 1. The van der Waals surface area contributed by atoms with Gasteiger partial charge in [-0.1, -0.05) is 26.0 Å². The Kier molecular flexibility index (Phi) is 9.01. The number of rotatable bonds is 11. The number of methoxy groups -OCH3 is 1. The summed E-state index contributed by atoms with van der Waals surface area (Å²) in [4.78, 5) is 12.8. The maximum atomic E-state index is 13.0. The van der Waals surface area contributed by atoms with Gasteiger partial charge in [0.05, 0.1) is 12.0 Å². The Bertz CT molecular complexity index is 1190. The van der Waals surface area contributed by atoms with Crippen LogP contribution in [0.2, 0.25) is 0 Å². The SMILES string of the molecule is CCN(CC)S(=O)(=O)c1cc(C(=O)NCc2cccc(S(=O)(=O)NC(C)C)c2)ccc1OC. The Morgan fingerprint density at radius 2 is 1.70 bits per heavy atom. The van der Waals surface area contributed by atoms with Crippen molar-refractivity contribution in [2.75, 3.05) is 20.2 Å². The number of benzene rings is 2. The number of hydrogen-bond donors (Lipinski definition) is 2. The molecule has 0 saturated carbocycles. The molecule has 0 spiro atoms. The van der Waals surface area contributed by atoms with E-state index in [1.807, 2.05) is 0 Å². The van der Waals surface area contributed by atoms with Gasteiger partial charge in [0.1, 0.15) is 10.6 Å². The van der Waals surface area contributed by atoms with Gasteiger partial charge in [0.15, 0.2) is 0 Å². The fraction of sp³-hybridized carbons (Fsp3) is 0.409. The van der Waals surface area contributed by atoms with Gasteiger partial charge in [-0.25, -0.2) is 21.6 Å². The topological polar surface area (TPSA) is 122 Å². The van der Waals surface area contributed by atoms with Crippen LogP contribution in [0.5, 0.6) is 5.75 Å². The molecule has 0 fully saturated rings. The zero-order valence-electron chi connectivity index (χ0n) is 19.5. The number of nitrogens with one attached hydrogen (secondary N) is 2. The van der Waals surface area contributed by atoms with E-state index in [1.165, 1.54) is 41.7 Å². The summed E-state index contributed by atoms with van der Waals surface area (Å²) in [5.74, 6) is -0.351. The molecule has 0 aliphatic rings. The first-order valence-corrected chi connectivity index (χ1v) is 13.5. The summed E-state index contributed by atoms with van der Waals surface area (Å²) in [6, 6.07) is 10.2. The number of hydrogen-bond acceptors (Lipinski definition) is 6. The molecule has 0 heterocycles. The van der Waals surface area contributed by atoms with E-state index in [0.29, 0.717) is 5.56 Å². The first-order valence-electron chi connectivity index (χ1n) is 10.5. The normalized spacial score (nSPS) is 12.2. The number of carbonyl (C=O) groups is 1. The fourth-order valence-corrected chi connectivity index (χ4v) is 6.17. The Morgan fingerprint density at radius 1 is 1.03 bits per heavy atom. The van der Waals surface area contributed by atoms with E-state index in [0.717, 1.165) is 0 Å². The molecule has 2 aromatic rings. The van der Waals surface area contributed by atoms with Gasteiger partial charge >= 0.3 is 0 Å². The van der Waals surface area contributed by atoms with Crippen molar-refractivity contribution in [2.24, 2.45) is 0 Å². The molecule has 0 atom stereocenters. The molecule has 0 saturated heterocycles. The van der Waals surface area contributed by atoms with E-state index in [9.17, 15) is 21.6 Å². The summed E-state index contributed by atoms with van der Waals surface area (Å²) < 4.78 is 59.7. The smallest absolute Gasteiger partial charge is 0.251 e. The average Bonchev–Trinajstić information content (AvgIpc) is 2.77. The number of sulfonamides is 2. The van der Waals surface area contributed by atoms with E-state index < -0.39 is 26.0 Å². The Balaban J connectivity index is 2.26. The van der Waals surface area contributed by atoms with E-state index in [2.05, 4.69) is 10.0 Å².